The molecule has 0 unspecified atom stereocenters. The van der Waals surface area contributed by atoms with Gasteiger partial charge in [0, 0.05) is 5.57 Å². The van der Waals surface area contributed by atoms with Gasteiger partial charge in [0.1, 0.15) is 0 Å². The van der Waals surface area contributed by atoms with E-state index in [4.69, 9.17) is 0 Å². The van der Waals surface area contributed by atoms with Crippen LogP contribution in [0.3, 0.4) is 0 Å². The molecule has 0 bridgehead atoms. The van der Waals surface area contributed by atoms with Crippen molar-refractivity contribution >= 4 is 6.29 Å². The van der Waals surface area contributed by atoms with Crippen LogP contribution < -0.4 is 0 Å². The third-order valence-corrected chi connectivity index (χ3v) is 1.62. The standard InChI is InChI=1S/C7H9O/c1-6-3-2-4-7(6)5-8/h2-4H2,1H3. The molecule has 0 N–H and O–H groups in total. The molecule has 0 aromatic rings. The highest BCUT2D eigenvalue weighted by Crippen LogP contribution is 2.22. The maximum atomic E-state index is 10.0. The molecule has 0 saturated heterocycles. The van der Waals surface area contributed by atoms with Crippen molar-refractivity contribution in [3.05, 3.63) is 11.1 Å². The topological polar surface area (TPSA) is 17.1 Å². The molecule has 1 aliphatic carbocycles. The summed E-state index contributed by atoms with van der Waals surface area (Å²) >= 11 is 0. The van der Waals surface area contributed by atoms with E-state index in [9.17, 15) is 4.79 Å². The monoisotopic (exact) mass is 109 g/mol. The van der Waals surface area contributed by atoms with Gasteiger partial charge in [-0.3, -0.25) is 4.79 Å². The molecule has 0 fully saturated rings. The molecule has 1 rings (SSSR count). The molecule has 0 heterocycles. The van der Waals surface area contributed by atoms with E-state index in [1.807, 2.05) is 13.2 Å². The van der Waals surface area contributed by atoms with Crippen LogP contribution in [0.1, 0.15) is 26.2 Å². The van der Waals surface area contributed by atoms with Gasteiger partial charge >= 0.3 is 0 Å². The second-order valence-corrected chi connectivity index (χ2v) is 2.21. The lowest BCUT2D eigenvalue weighted by atomic mass is 10.2. The second-order valence-electron chi connectivity index (χ2n) is 2.21. The molecule has 8 heavy (non-hydrogen) atoms. The van der Waals surface area contributed by atoms with Crippen LogP contribution in [0.25, 0.3) is 0 Å². The lowest BCUT2D eigenvalue weighted by Gasteiger charge is -1.85. The van der Waals surface area contributed by atoms with Crippen LogP contribution >= 0.6 is 0 Å². The largest absolute Gasteiger partial charge is 0.285 e. The second kappa shape index (κ2) is 2.12. The van der Waals surface area contributed by atoms with Gasteiger partial charge in [-0.2, -0.15) is 0 Å². The minimum atomic E-state index is 0.907. The van der Waals surface area contributed by atoms with E-state index in [1.165, 1.54) is 5.57 Å². The fourth-order valence-electron chi connectivity index (χ4n) is 1.03. The molecule has 1 nitrogen and oxygen atoms in total. The van der Waals surface area contributed by atoms with Crippen LogP contribution in [0.15, 0.2) is 11.1 Å². The molecule has 1 heteroatoms. The average molecular weight is 109 g/mol. The van der Waals surface area contributed by atoms with Crippen LogP contribution in [0.2, 0.25) is 0 Å². The Kier molecular flexibility index (Phi) is 1.47. The Morgan fingerprint density at radius 3 is 2.50 bits per heavy atom. The van der Waals surface area contributed by atoms with Crippen molar-refractivity contribution in [3.63, 3.8) is 0 Å². The Bertz CT molecular complexity index is 133. The van der Waals surface area contributed by atoms with Crippen molar-refractivity contribution in [2.24, 2.45) is 0 Å². The van der Waals surface area contributed by atoms with Crippen molar-refractivity contribution in [1.82, 2.24) is 0 Å². The van der Waals surface area contributed by atoms with Gasteiger partial charge in [-0.25, -0.2) is 0 Å². The van der Waals surface area contributed by atoms with Gasteiger partial charge in [0.15, 0.2) is 0 Å². The molecule has 0 aliphatic heterocycles. The molecule has 43 valence electrons. The first-order chi connectivity index (χ1) is 3.84. The maximum Gasteiger partial charge on any atom is 0.229 e. The van der Waals surface area contributed by atoms with Crippen molar-refractivity contribution in [1.29, 1.82) is 0 Å². The zero-order valence-corrected chi connectivity index (χ0v) is 5.03. The molecular weight excluding hydrogens is 100 g/mol. The van der Waals surface area contributed by atoms with Crippen molar-refractivity contribution in [3.8, 4) is 0 Å². The quantitative estimate of drug-likeness (QED) is 0.499. The van der Waals surface area contributed by atoms with Gasteiger partial charge < -0.3 is 0 Å². The number of hydrogen-bond donors (Lipinski definition) is 0. The molecule has 0 spiro atoms. The summed E-state index contributed by atoms with van der Waals surface area (Å²) in [4.78, 5) is 10.0. The van der Waals surface area contributed by atoms with Gasteiger partial charge in [0.05, 0.1) is 0 Å². The molecule has 0 atom stereocenters. The maximum absolute atomic E-state index is 10.0. The van der Waals surface area contributed by atoms with Crippen LogP contribution in [-0.4, -0.2) is 6.29 Å². The smallest absolute Gasteiger partial charge is 0.229 e. The zero-order chi connectivity index (χ0) is 5.98. The predicted octanol–water partition coefficient (Wildman–Crippen LogP) is 1.60. The van der Waals surface area contributed by atoms with E-state index >= 15 is 0 Å². The molecule has 1 radical (unpaired) electrons. The fourth-order valence-corrected chi connectivity index (χ4v) is 1.03. The Labute approximate surface area is 49.4 Å². The van der Waals surface area contributed by atoms with E-state index in [0.29, 0.717) is 0 Å². The molecule has 0 saturated carbocycles. The zero-order valence-electron chi connectivity index (χ0n) is 5.03. The highest BCUT2D eigenvalue weighted by atomic mass is 16.1. The van der Waals surface area contributed by atoms with Crippen molar-refractivity contribution < 1.29 is 4.79 Å². The third kappa shape index (κ3) is 0.808. The van der Waals surface area contributed by atoms with Crippen LogP contribution in [-0.2, 0) is 4.79 Å². The highest BCUT2D eigenvalue weighted by Gasteiger charge is 2.08. The van der Waals surface area contributed by atoms with E-state index in [1.54, 1.807) is 0 Å². The molecule has 0 aromatic carbocycles. The van der Waals surface area contributed by atoms with Crippen LogP contribution in [0.5, 0.6) is 0 Å². The SMILES string of the molecule is CC1=C([C]=O)CCC1. The average Bonchev–Trinajstić information content (AvgIpc) is 2.14. The molecule has 1 aliphatic rings. The van der Waals surface area contributed by atoms with Gasteiger partial charge in [0.2, 0.25) is 6.29 Å². The number of carbonyl (C=O) groups excluding carboxylic acids is 1. The summed E-state index contributed by atoms with van der Waals surface area (Å²) in [6.07, 6.45) is 5.15. The summed E-state index contributed by atoms with van der Waals surface area (Å²) in [6, 6.07) is 0. The van der Waals surface area contributed by atoms with Gasteiger partial charge in [-0.05, 0) is 26.2 Å². The number of allylic oxidation sites excluding steroid dienone is 2. The summed E-state index contributed by atoms with van der Waals surface area (Å²) in [6.45, 7) is 2.01. The first-order valence-corrected chi connectivity index (χ1v) is 2.91. The minimum Gasteiger partial charge on any atom is -0.285 e. The third-order valence-electron chi connectivity index (χ3n) is 1.62. The summed E-state index contributed by atoms with van der Waals surface area (Å²) in [5.41, 5.74) is 2.14. The van der Waals surface area contributed by atoms with Crippen molar-refractivity contribution in [2.45, 2.75) is 26.2 Å². The predicted molar refractivity (Wildman–Crippen MR) is 32.2 cm³/mol. The first kappa shape index (κ1) is 5.54. The first-order valence-electron chi connectivity index (χ1n) is 2.91. The highest BCUT2D eigenvalue weighted by molar-refractivity contribution is 5.75. The van der Waals surface area contributed by atoms with E-state index in [2.05, 4.69) is 0 Å². The number of hydrogen-bond acceptors (Lipinski definition) is 1. The lowest BCUT2D eigenvalue weighted by Crippen LogP contribution is -1.78. The molecule has 0 amide bonds. The summed E-state index contributed by atoms with van der Waals surface area (Å²) in [5.74, 6) is 0. The van der Waals surface area contributed by atoms with Gasteiger partial charge in [-0.1, -0.05) is 5.57 Å². The normalized spacial score (nSPS) is 19.6. The van der Waals surface area contributed by atoms with E-state index in [0.717, 1.165) is 24.8 Å². The van der Waals surface area contributed by atoms with Crippen LogP contribution in [0.4, 0.5) is 0 Å². The van der Waals surface area contributed by atoms with Crippen LogP contribution in [0, 0.1) is 0 Å². The Balaban J connectivity index is 2.72. The Morgan fingerprint density at radius 1 is 1.50 bits per heavy atom. The van der Waals surface area contributed by atoms with Crippen molar-refractivity contribution in [2.75, 3.05) is 0 Å². The Morgan fingerprint density at radius 2 is 2.25 bits per heavy atom. The summed E-state index contributed by atoms with van der Waals surface area (Å²) in [5, 5.41) is 0. The lowest BCUT2D eigenvalue weighted by molar-refractivity contribution is 0.560. The van der Waals surface area contributed by atoms with E-state index < -0.39 is 0 Å². The molecule has 0 aromatic heterocycles. The molecular formula is C7H9O. The number of rotatable bonds is 1. The van der Waals surface area contributed by atoms with E-state index in [-0.39, 0.29) is 0 Å². The minimum absolute atomic E-state index is 0.907. The Hall–Kier alpha value is -0.590. The van der Waals surface area contributed by atoms with Gasteiger partial charge in [-0.15, -0.1) is 0 Å². The summed E-state index contributed by atoms with van der Waals surface area (Å²) < 4.78 is 0. The fraction of sp³-hybridized carbons (Fsp3) is 0.571. The summed E-state index contributed by atoms with van der Waals surface area (Å²) in [7, 11) is 0. The van der Waals surface area contributed by atoms with Gasteiger partial charge in [0.25, 0.3) is 0 Å².